The molecular weight excluding hydrogens is 693 g/mol. The molecule has 0 N–H and O–H groups in total. The lowest BCUT2D eigenvalue weighted by molar-refractivity contribution is 0.669. The molecule has 2 heterocycles. The maximum absolute atomic E-state index is 6.68. The van der Waals surface area contributed by atoms with E-state index in [0.29, 0.717) is 0 Å². The van der Waals surface area contributed by atoms with Crippen LogP contribution in [0.2, 0.25) is 0 Å². The van der Waals surface area contributed by atoms with Crippen molar-refractivity contribution < 1.29 is 4.42 Å². The summed E-state index contributed by atoms with van der Waals surface area (Å²) in [7, 11) is 0. The average Bonchev–Trinajstić information content (AvgIpc) is 3.82. The van der Waals surface area contributed by atoms with Crippen LogP contribution in [0.4, 0.5) is 17.1 Å². The van der Waals surface area contributed by atoms with Crippen LogP contribution in [-0.2, 0) is 0 Å². The van der Waals surface area contributed by atoms with Gasteiger partial charge >= 0.3 is 0 Å². The van der Waals surface area contributed by atoms with Crippen molar-refractivity contribution in [2.24, 2.45) is 0 Å². The smallest absolute Gasteiger partial charge is 0.137 e. The predicted octanol–water partition coefficient (Wildman–Crippen LogP) is 15.3. The summed E-state index contributed by atoms with van der Waals surface area (Å²) in [6.07, 6.45) is 0. The predicted molar refractivity (Wildman–Crippen MR) is 241 cm³/mol. The Labute approximate surface area is 328 Å². The lowest BCUT2D eigenvalue weighted by Crippen LogP contribution is -2.10. The molecule has 0 saturated carbocycles. The SMILES string of the molecule is c1ccc(-n2c3ccccc3c3cc(N(c4ccc5c(c4)oc4ccc6ccccc6c45)c4ccc(-c5cccc6ccccc56)c5ccccc45)ccc32)cc1. The van der Waals surface area contributed by atoms with E-state index in [1.54, 1.807) is 0 Å². The topological polar surface area (TPSA) is 21.3 Å². The maximum atomic E-state index is 6.68. The van der Waals surface area contributed by atoms with Gasteiger partial charge < -0.3 is 13.9 Å². The van der Waals surface area contributed by atoms with Crippen molar-refractivity contribution in [3.8, 4) is 16.8 Å². The van der Waals surface area contributed by atoms with Gasteiger partial charge in [0.2, 0.25) is 0 Å². The third kappa shape index (κ3) is 4.86. The first-order valence-electron chi connectivity index (χ1n) is 19.5. The number of furan rings is 1. The molecule has 12 aromatic rings. The molecule has 266 valence electrons. The first-order chi connectivity index (χ1) is 28.3. The number of aromatic nitrogens is 1. The van der Waals surface area contributed by atoms with E-state index in [9.17, 15) is 0 Å². The highest BCUT2D eigenvalue weighted by Gasteiger charge is 2.22. The summed E-state index contributed by atoms with van der Waals surface area (Å²) >= 11 is 0. The number of benzene rings is 10. The molecule has 0 amide bonds. The second kappa shape index (κ2) is 12.5. The Hall–Kier alpha value is -7.62. The monoisotopic (exact) mass is 726 g/mol. The zero-order valence-electron chi connectivity index (χ0n) is 30.9. The van der Waals surface area contributed by atoms with Crippen LogP contribution in [-0.4, -0.2) is 4.57 Å². The van der Waals surface area contributed by atoms with Crippen LogP contribution >= 0.6 is 0 Å². The summed E-state index contributed by atoms with van der Waals surface area (Å²) in [4.78, 5) is 2.41. The zero-order valence-corrected chi connectivity index (χ0v) is 30.9. The van der Waals surface area contributed by atoms with E-state index in [-0.39, 0.29) is 0 Å². The number of hydrogen-bond donors (Lipinski definition) is 0. The molecule has 0 atom stereocenters. The summed E-state index contributed by atoms with van der Waals surface area (Å²) in [5.74, 6) is 0. The minimum absolute atomic E-state index is 0.863. The fraction of sp³-hybridized carbons (Fsp3) is 0. The molecule has 3 heteroatoms. The highest BCUT2D eigenvalue weighted by atomic mass is 16.3. The minimum Gasteiger partial charge on any atom is -0.456 e. The summed E-state index contributed by atoms with van der Waals surface area (Å²) in [6, 6.07) is 74.5. The van der Waals surface area contributed by atoms with Gasteiger partial charge in [-0.25, -0.2) is 0 Å². The quantitative estimate of drug-likeness (QED) is 0.176. The van der Waals surface area contributed by atoms with Crippen molar-refractivity contribution in [3.05, 3.63) is 206 Å². The van der Waals surface area contributed by atoms with Crippen LogP contribution in [0.3, 0.4) is 0 Å². The Morgan fingerprint density at radius 2 is 0.982 bits per heavy atom. The van der Waals surface area contributed by atoms with Crippen LogP contribution in [0.1, 0.15) is 0 Å². The Balaban J connectivity index is 1.13. The lowest BCUT2D eigenvalue weighted by Gasteiger charge is -2.28. The molecule has 0 bridgehead atoms. The molecule has 0 saturated heterocycles. The summed E-state index contributed by atoms with van der Waals surface area (Å²) in [5.41, 5.74) is 10.9. The molecule has 0 fully saturated rings. The van der Waals surface area contributed by atoms with E-state index in [2.05, 4.69) is 216 Å². The van der Waals surface area contributed by atoms with Crippen molar-refractivity contribution >= 4 is 93.1 Å². The highest BCUT2D eigenvalue weighted by Crippen LogP contribution is 2.46. The molecule has 0 radical (unpaired) electrons. The van der Waals surface area contributed by atoms with Gasteiger partial charge in [-0.2, -0.15) is 0 Å². The molecular formula is C54H34N2O. The number of hydrogen-bond acceptors (Lipinski definition) is 2. The van der Waals surface area contributed by atoms with E-state index < -0.39 is 0 Å². The van der Waals surface area contributed by atoms with E-state index in [1.165, 1.54) is 65.3 Å². The number of fused-ring (bicyclic) bond motifs is 10. The van der Waals surface area contributed by atoms with Crippen LogP contribution < -0.4 is 4.90 Å². The molecule has 2 aromatic heterocycles. The molecule has 3 nitrogen and oxygen atoms in total. The lowest BCUT2D eigenvalue weighted by atomic mass is 9.93. The number of para-hydroxylation sites is 2. The van der Waals surface area contributed by atoms with E-state index in [0.717, 1.165) is 44.7 Å². The van der Waals surface area contributed by atoms with Crippen molar-refractivity contribution in [1.82, 2.24) is 4.57 Å². The van der Waals surface area contributed by atoms with E-state index >= 15 is 0 Å². The number of rotatable bonds is 5. The number of anilines is 3. The fourth-order valence-electron chi connectivity index (χ4n) is 9.23. The maximum Gasteiger partial charge on any atom is 0.137 e. The molecule has 0 aliphatic heterocycles. The highest BCUT2D eigenvalue weighted by molar-refractivity contribution is 6.19. The number of nitrogens with zero attached hydrogens (tertiary/aromatic N) is 2. The molecule has 10 aromatic carbocycles. The normalized spacial score (nSPS) is 11.9. The van der Waals surface area contributed by atoms with E-state index in [1.807, 2.05) is 0 Å². The van der Waals surface area contributed by atoms with Crippen molar-refractivity contribution in [3.63, 3.8) is 0 Å². The van der Waals surface area contributed by atoms with Gasteiger partial charge in [-0.15, -0.1) is 0 Å². The average molecular weight is 727 g/mol. The fourth-order valence-corrected chi connectivity index (χ4v) is 9.23. The second-order valence-corrected chi connectivity index (χ2v) is 14.9. The van der Waals surface area contributed by atoms with Gasteiger partial charge in [0, 0.05) is 50.1 Å². The Morgan fingerprint density at radius 1 is 0.351 bits per heavy atom. The third-order valence-corrected chi connectivity index (χ3v) is 11.8. The molecule has 0 aliphatic rings. The molecule has 0 spiro atoms. The van der Waals surface area contributed by atoms with Crippen LogP contribution in [0.15, 0.2) is 211 Å². The van der Waals surface area contributed by atoms with Gasteiger partial charge in [0.05, 0.1) is 16.7 Å². The van der Waals surface area contributed by atoms with Crippen molar-refractivity contribution in [1.29, 1.82) is 0 Å². The van der Waals surface area contributed by atoms with Crippen LogP contribution in [0.25, 0.3) is 92.9 Å². The first-order valence-corrected chi connectivity index (χ1v) is 19.5. The zero-order chi connectivity index (χ0) is 37.5. The van der Waals surface area contributed by atoms with Gasteiger partial charge in [-0.1, -0.05) is 140 Å². The first kappa shape index (κ1) is 31.7. The van der Waals surface area contributed by atoms with Crippen molar-refractivity contribution in [2.45, 2.75) is 0 Å². The van der Waals surface area contributed by atoms with Gasteiger partial charge in [0.15, 0.2) is 0 Å². The van der Waals surface area contributed by atoms with Gasteiger partial charge in [-0.05, 0) is 98.7 Å². The molecule has 0 aliphatic carbocycles. The summed E-state index contributed by atoms with van der Waals surface area (Å²) < 4.78 is 9.05. The largest absolute Gasteiger partial charge is 0.456 e. The third-order valence-electron chi connectivity index (χ3n) is 11.8. The summed E-state index contributed by atoms with van der Waals surface area (Å²) in [6.45, 7) is 0. The molecule has 0 unspecified atom stereocenters. The molecule has 57 heavy (non-hydrogen) atoms. The van der Waals surface area contributed by atoms with Gasteiger partial charge in [0.1, 0.15) is 11.2 Å². The Bertz CT molecular complexity index is 3530. The van der Waals surface area contributed by atoms with Crippen molar-refractivity contribution in [2.75, 3.05) is 4.90 Å². The Kier molecular flexibility index (Phi) is 6.93. The minimum atomic E-state index is 0.863. The van der Waals surface area contributed by atoms with E-state index in [4.69, 9.17) is 4.42 Å². The van der Waals surface area contributed by atoms with Crippen LogP contribution in [0, 0.1) is 0 Å². The van der Waals surface area contributed by atoms with Gasteiger partial charge in [0.25, 0.3) is 0 Å². The van der Waals surface area contributed by atoms with Crippen LogP contribution in [0.5, 0.6) is 0 Å². The standard InChI is InChI=1S/C54H34N2O/c1-2-16-37(17-3-1)56-49-24-11-10-22-46(49)48-33-38(27-30-51(48)56)55(39-26-28-47-53(34-39)57-52-32-25-36-14-5-7-19-41(36)54(47)52)50-31-29-44(43-20-8-9-21-45(43)50)42-23-12-15-35-13-4-6-18-40(35)42/h1-34H. The summed E-state index contributed by atoms with van der Waals surface area (Å²) in [5, 5.41) is 12.0. The van der Waals surface area contributed by atoms with Gasteiger partial charge in [-0.3, -0.25) is 0 Å². The molecule has 12 rings (SSSR count). The Morgan fingerprint density at radius 3 is 1.84 bits per heavy atom. The second-order valence-electron chi connectivity index (χ2n) is 14.9.